The molecule has 0 aliphatic carbocycles. The minimum atomic E-state index is -0.264. The van der Waals surface area contributed by atoms with Crippen LogP contribution in [0.1, 0.15) is 0 Å². The number of hydrogen-bond donors (Lipinski definition) is 0. The Labute approximate surface area is 33.1 Å². The summed E-state index contributed by atoms with van der Waals surface area (Å²) < 4.78 is 10.7. The summed E-state index contributed by atoms with van der Waals surface area (Å²) in [6.07, 6.45) is 0. The summed E-state index contributed by atoms with van der Waals surface area (Å²) in [5.74, 6) is 0. The van der Waals surface area contributed by atoms with Crippen LogP contribution in [0.3, 0.4) is 0 Å². The Hall–Kier alpha value is 0.410. The van der Waals surface area contributed by atoms with Crippen molar-refractivity contribution in [1.82, 2.24) is 0 Å². The molecular weight excluding hydrogens is 122 g/mol. The van der Waals surface area contributed by atoms with Crippen LogP contribution in [-0.2, 0) is 0 Å². The molecule has 0 aromatic heterocycles. The fourth-order valence-electron chi connectivity index (χ4n) is 0. The van der Waals surface area contributed by atoms with Crippen LogP contribution in [0.2, 0.25) is 0 Å². The first-order chi connectivity index (χ1) is 1.91. The molecule has 0 aromatic rings. The van der Waals surface area contributed by atoms with Crippen LogP contribution in [0, 0.1) is 0 Å². The standard InChI is InChI=1S/C2H4BrF/c3-1-2-4/h1-2H2/i4-1. The fourth-order valence-corrected chi connectivity index (χ4v) is 0. The van der Waals surface area contributed by atoms with E-state index >= 15 is 0 Å². The Balaban J connectivity index is 1.97. The highest BCUT2D eigenvalue weighted by Crippen LogP contribution is 1.75. The topological polar surface area (TPSA) is 0 Å². The maximum absolute atomic E-state index is 10.7. The third-order valence-electron chi connectivity index (χ3n) is 0.0714. The Kier molecular flexibility index (Phi) is 3.76. The molecule has 0 atom stereocenters. The summed E-state index contributed by atoms with van der Waals surface area (Å²) in [7, 11) is 0. The van der Waals surface area contributed by atoms with Crippen LogP contribution in [0.25, 0.3) is 0 Å². The zero-order chi connectivity index (χ0) is 3.41. The minimum absolute atomic E-state index is 0.264. The Morgan fingerprint density at radius 2 is 2.00 bits per heavy atom. The smallest absolute Gasteiger partial charge is 0.0991 e. The highest BCUT2D eigenvalue weighted by molar-refractivity contribution is 9.09. The molecule has 0 radical (unpaired) electrons. The van der Waals surface area contributed by atoms with Crippen LogP contribution >= 0.6 is 15.9 Å². The van der Waals surface area contributed by atoms with E-state index in [9.17, 15) is 4.39 Å². The van der Waals surface area contributed by atoms with Gasteiger partial charge in [-0.25, -0.2) is 0 Å². The summed E-state index contributed by atoms with van der Waals surface area (Å²) >= 11 is 2.87. The van der Waals surface area contributed by atoms with E-state index in [0.29, 0.717) is 5.33 Å². The molecule has 0 nitrogen and oxygen atoms in total. The molecule has 0 saturated heterocycles. The van der Waals surface area contributed by atoms with E-state index < -0.39 is 0 Å². The van der Waals surface area contributed by atoms with Crippen molar-refractivity contribution in [2.24, 2.45) is 0 Å². The van der Waals surface area contributed by atoms with E-state index in [0.717, 1.165) is 0 Å². The minimum Gasteiger partial charge on any atom is -0.250 e. The van der Waals surface area contributed by atoms with Crippen molar-refractivity contribution in [3.63, 3.8) is 0 Å². The number of halogens is 2. The summed E-state index contributed by atoms with van der Waals surface area (Å²) in [4.78, 5) is 0. The molecule has 26 valence electrons. The van der Waals surface area contributed by atoms with Gasteiger partial charge in [0.1, 0.15) is 0 Å². The van der Waals surface area contributed by atoms with Crippen molar-refractivity contribution in [3.8, 4) is 0 Å². The van der Waals surface area contributed by atoms with Crippen molar-refractivity contribution in [1.29, 1.82) is 0 Å². The molecule has 0 fully saturated rings. The van der Waals surface area contributed by atoms with Gasteiger partial charge in [0.2, 0.25) is 0 Å². The summed E-state index contributed by atoms with van der Waals surface area (Å²) in [5.41, 5.74) is 0. The Morgan fingerprint density at radius 3 is 2.00 bits per heavy atom. The van der Waals surface area contributed by atoms with Gasteiger partial charge in [-0.1, -0.05) is 15.9 Å². The lowest BCUT2D eigenvalue weighted by Crippen LogP contribution is -1.65. The van der Waals surface area contributed by atoms with Crippen LogP contribution in [-0.4, -0.2) is 12.0 Å². The van der Waals surface area contributed by atoms with E-state index in [1.807, 2.05) is 0 Å². The first kappa shape index (κ1) is 4.41. The Morgan fingerprint density at radius 1 is 1.75 bits per heavy atom. The van der Waals surface area contributed by atoms with Gasteiger partial charge in [0.15, 0.2) is 0 Å². The van der Waals surface area contributed by atoms with Gasteiger partial charge < -0.3 is 0 Å². The van der Waals surface area contributed by atoms with E-state index in [4.69, 9.17) is 0 Å². The number of rotatable bonds is 1. The third-order valence-corrected chi connectivity index (χ3v) is 0.371. The third kappa shape index (κ3) is 2.41. The predicted octanol–water partition coefficient (Wildman–Crippen LogP) is 1.35. The lowest BCUT2D eigenvalue weighted by atomic mass is 10.9. The average molecular weight is 126 g/mol. The van der Waals surface area contributed by atoms with Crippen molar-refractivity contribution >= 4 is 15.9 Å². The maximum Gasteiger partial charge on any atom is 0.0991 e. The van der Waals surface area contributed by atoms with E-state index in [1.165, 1.54) is 0 Å². The van der Waals surface area contributed by atoms with Gasteiger partial charge in [0.25, 0.3) is 0 Å². The van der Waals surface area contributed by atoms with Gasteiger partial charge in [-0.3, -0.25) is 4.39 Å². The van der Waals surface area contributed by atoms with Crippen molar-refractivity contribution in [2.75, 3.05) is 12.0 Å². The molecule has 0 aliphatic rings. The Bertz CT molecular complexity index is 8.00. The second kappa shape index (κ2) is 3.41. The highest BCUT2D eigenvalue weighted by atomic mass is 79.9. The lowest BCUT2D eigenvalue weighted by Gasteiger charge is -1.62. The SMILES string of the molecule is [18F]CCBr. The maximum atomic E-state index is 10.7. The predicted molar refractivity (Wildman–Crippen MR) is 19.8 cm³/mol. The molecule has 0 unspecified atom stereocenters. The van der Waals surface area contributed by atoms with Gasteiger partial charge in [-0.05, 0) is 0 Å². The second-order valence-electron chi connectivity index (χ2n) is 0.378. The first-order valence-corrected chi connectivity index (χ1v) is 2.16. The molecule has 0 aliphatic heterocycles. The largest absolute Gasteiger partial charge is 0.250 e. The quantitative estimate of drug-likeness (QED) is 0.465. The van der Waals surface area contributed by atoms with Crippen LogP contribution < -0.4 is 0 Å². The molecule has 2 heteroatoms. The second-order valence-corrected chi connectivity index (χ2v) is 1.17. The molecule has 0 saturated carbocycles. The van der Waals surface area contributed by atoms with Crippen LogP contribution in [0.15, 0.2) is 0 Å². The fraction of sp³-hybridized carbons (Fsp3) is 1.00. The lowest BCUT2D eigenvalue weighted by molar-refractivity contribution is 0.535. The summed E-state index contributed by atoms with van der Waals surface area (Å²) in [6, 6.07) is 0. The van der Waals surface area contributed by atoms with E-state index in [-0.39, 0.29) is 6.67 Å². The van der Waals surface area contributed by atoms with Crippen molar-refractivity contribution < 1.29 is 4.39 Å². The zero-order valence-corrected chi connectivity index (χ0v) is 3.76. The van der Waals surface area contributed by atoms with Crippen molar-refractivity contribution in [3.05, 3.63) is 0 Å². The van der Waals surface area contributed by atoms with Crippen molar-refractivity contribution in [2.45, 2.75) is 0 Å². The molecule has 0 heterocycles. The van der Waals surface area contributed by atoms with Gasteiger partial charge in [-0.15, -0.1) is 0 Å². The molecule has 0 N–H and O–H groups in total. The van der Waals surface area contributed by atoms with Gasteiger partial charge in [-0.2, -0.15) is 0 Å². The zero-order valence-electron chi connectivity index (χ0n) is 2.17. The molecule has 0 spiro atoms. The number of hydrogen-bond acceptors (Lipinski definition) is 0. The van der Waals surface area contributed by atoms with Gasteiger partial charge in [0.05, 0.1) is 6.67 Å². The molecule has 0 rings (SSSR count). The molecule has 0 amide bonds. The highest BCUT2D eigenvalue weighted by Gasteiger charge is 1.63. The molecular formula is C2H4BrF. The number of alkyl halides is 2. The van der Waals surface area contributed by atoms with Crippen LogP contribution in [0.4, 0.5) is 4.39 Å². The molecule has 0 aromatic carbocycles. The van der Waals surface area contributed by atoms with Gasteiger partial charge in [0, 0.05) is 5.33 Å². The van der Waals surface area contributed by atoms with Gasteiger partial charge >= 0.3 is 0 Å². The average Bonchev–Trinajstić information content (AvgIpc) is 1.37. The molecule has 0 bridgehead atoms. The summed E-state index contributed by atoms with van der Waals surface area (Å²) in [6.45, 7) is -0.264. The summed E-state index contributed by atoms with van der Waals surface area (Å²) in [5, 5.41) is 0.465. The van der Waals surface area contributed by atoms with E-state index in [2.05, 4.69) is 15.9 Å². The monoisotopic (exact) mass is 125 g/mol. The molecule has 4 heavy (non-hydrogen) atoms. The first-order valence-electron chi connectivity index (χ1n) is 1.03. The van der Waals surface area contributed by atoms with Crippen LogP contribution in [0.5, 0.6) is 0 Å². The normalized spacial score (nSPS) is 7.50. The van der Waals surface area contributed by atoms with E-state index in [1.54, 1.807) is 0 Å².